The Morgan fingerprint density at radius 3 is 3.00 bits per heavy atom. The fraction of sp³-hybridized carbons (Fsp3) is 0.412. The summed E-state index contributed by atoms with van der Waals surface area (Å²) in [5, 5.41) is 10.9. The fourth-order valence-electron chi connectivity index (χ4n) is 3.12. The van der Waals surface area contributed by atoms with E-state index in [1.807, 2.05) is 19.1 Å². The van der Waals surface area contributed by atoms with Crippen molar-refractivity contribution in [2.24, 2.45) is 0 Å². The first kappa shape index (κ1) is 15.3. The maximum absolute atomic E-state index is 13.0. The van der Waals surface area contributed by atoms with Crippen molar-refractivity contribution in [1.29, 1.82) is 0 Å². The Morgan fingerprint density at radius 2 is 2.23 bits per heavy atom. The van der Waals surface area contributed by atoms with E-state index in [0.29, 0.717) is 17.1 Å². The Kier molecular flexibility index (Phi) is 4.32. The standard InChI is InChI=1S/C17H19ClN2O2/c1-11-8-15(14-9-12(18)5-6-16(14)19-11)17(22)20-7-3-2-4-13(20)10-21/h5-6,8-9,13,21H,2-4,7,10H2,1H3/t13-/m1/s1. The first-order valence-corrected chi connectivity index (χ1v) is 7.96. The summed E-state index contributed by atoms with van der Waals surface area (Å²) >= 11 is 6.08. The Bertz CT molecular complexity index is 717. The molecular weight excluding hydrogens is 300 g/mol. The number of carbonyl (C=O) groups excluding carboxylic acids is 1. The molecule has 5 heteroatoms. The predicted molar refractivity (Wildman–Crippen MR) is 87.3 cm³/mol. The molecule has 0 unspecified atom stereocenters. The van der Waals surface area contributed by atoms with Crippen LogP contribution in [0.25, 0.3) is 10.9 Å². The second kappa shape index (κ2) is 6.23. The third kappa shape index (κ3) is 2.81. The summed E-state index contributed by atoms with van der Waals surface area (Å²) < 4.78 is 0. The third-order valence-electron chi connectivity index (χ3n) is 4.23. The molecule has 3 rings (SSSR count). The zero-order chi connectivity index (χ0) is 15.7. The number of carbonyl (C=O) groups is 1. The van der Waals surface area contributed by atoms with Crippen molar-refractivity contribution in [3.8, 4) is 0 Å². The Balaban J connectivity index is 2.08. The number of fused-ring (bicyclic) bond motifs is 1. The number of aryl methyl sites for hydroxylation is 1. The quantitative estimate of drug-likeness (QED) is 0.925. The Morgan fingerprint density at radius 1 is 1.41 bits per heavy atom. The topological polar surface area (TPSA) is 53.4 Å². The van der Waals surface area contributed by atoms with Crippen molar-refractivity contribution >= 4 is 28.4 Å². The van der Waals surface area contributed by atoms with Crippen LogP contribution in [-0.4, -0.2) is 40.1 Å². The Hall–Kier alpha value is -1.65. The molecule has 1 aromatic heterocycles. The summed E-state index contributed by atoms with van der Waals surface area (Å²) in [5.41, 5.74) is 2.19. The lowest BCUT2D eigenvalue weighted by molar-refractivity contribution is 0.0505. The molecule has 116 valence electrons. The van der Waals surface area contributed by atoms with E-state index in [9.17, 15) is 9.90 Å². The molecule has 1 atom stereocenters. The van der Waals surface area contributed by atoms with Crippen LogP contribution < -0.4 is 0 Å². The molecule has 0 saturated carbocycles. The van der Waals surface area contributed by atoms with Crippen LogP contribution in [0.3, 0.4) is 0 Å². The van der Waals surface area contributed by atoms with Gasteiger partial charge in [0.25, 0.3) is 5.91 Å². The molecule has 1 amide bonds. The SMILES string of the molecule is Cc1cc(C(=O)N2CCCC[C@@H]2CO)c2cc(Cl)ccc2n1. The maximum atomic E-state index is 13.0. The van der Waals surface area contributed by atoms with E-state index in [4.69, 9.17) is 11.6 Å². The van der Waals surface area contributed by atoms with Crippen molar-refractivity contribution in [1.82, 2.24) is 9.88 Å². The minimum absolute atomic E-state index is 0.00843. The van der Waals surface area contributed by atoms with Crippen molar-refractivity contribution in [2.75, 3.05) is 13.2 Å². The summed E-state index contributed by atoms with van der Waals surface area (Å²) in [7, 11) is 0. The number of rotatable bonds is 2. The van der Waals surface area contributed by atoms with Gasteiger partial charge in [0.1, 0.15) is 0 Å². The number of aromatic nitrogens is 1. The molecule has 1 aliphatic rings. The molecule has 1 fully saturated rings. The average molecular weight is 319 g/mol. The van der Waals surface area contributed by atoms with Crippen LogP contribution in [0.15, 0.2) is 24.3 Å². The zero-order valence-corrected chi connectivity index (χ0v) is 13.3. The first-order valence-electron chi connectivity index (χ1n) is 7.59. The molecule has 1 N–H and O–H groups in total. The molecule has 1 aromatic carbocycles. The largest absolute Gasteiger partial charge is 0.394 e. The van der Waals surface area contributed by atoms with Crippen LogP contribution in [0.2, 0.25) is 5.02 Å². The summed E-state index contributed by atoms with van der Waals surface area (Å²) in [5.74, 6) is -0.0449. The van der Waals surface area contributed by atoms with Gasteiger partial charge in [0.2, 0.25) is 0 Å². The molecule has 4 nitrogen and oxygen atoms in total. The molecule has 0 aliphatic carbocycles. The number of aliphatic hydroxyl groups excluding tert-OH is 1. The van der Waals surface area contributed by atoms with Gasteiger partial charge in [0.15, 0.2) is 0 Å². The van der Waals surface area contributed by atoms with Gasteiger partial charge in [0, 0.05) is 22.6 Å². The van der Waals surface area contributed by atoms with E-state index in [1.165, 1.54) is 0 Å². The Labute approximate surface area is 134 Å². The number of benzene rings is 1. The second-order valence-corrected chi connectivity index (χ2v) is 6.24. The molecule has 1 aliphatic heterocycles. The highest BCUT2D eigenvalue weighted by molar-refractivity contribution is 6.31. The van der Waals surface area contributed by atoms with Crippen LogP contribution in [-0.2, 0) is 0 Å². The van der Waals surface area contributed by atoms with Gasteiger partial charge < -0.3 is 10.0 Å². The number of amides is 1. The second-order valence-electron chi connectivity index (χ2n) is 5.80. The normalized spacial score (nSPS) is 18.7. The maximum Gasteiger partial charge on any atom is 0.254 e. The average Bonchev–Trinajstić information content (AvgIpc) is 2.53. The summed E-state index contributed by atoms with van der Waals surface area (Å²) in [6, 6.07) is 7.12. The highest BCUT2D eigenvalue weighted by atomic mass is 35.5. The molecule has 22 heavy (non-hydrogen) atoms. The molecule has 0 spiro atoms. The lowest BCUT2D eigenvalue weighted by Gasteiger charge is -2.35. The number of aliphatic hydroxyl groups is 1. The van der Waals surface area contributed by atoms with E-state index in [1.54, 1.807) is 17.0 Å². The molecule has 2 aromatic rings. The lowest BCUT2D eigenvalue weighted by Crippen LogP contribution is -2.45. The van der Waals surface area contributed by atoms with Crippen LogP contribution >= 0.6 is 11.6 Å². The van der Waals surface area contributed by atoms with Crippen molar-refractivity contribution in [3.63, 3.8) is 0 Å². The number of nitrogens with zero attached hydrogens (tertiary/aromatic N) is 2. The summed E-state index contributed by atoms with van der Waals surface area (Å²) in [6.45, 7) is 2.58. The van der Waals surface area contributed by atoms with E-state index in [0.717, 1.165) is 35.9 Å². The third-order valence-corrected chi connectivity index (χ3v) is 4.46. The lowest BCUT2D eigenvalue weighted by atomic mass is 10.00. The van der Waals surface area contributed by atoms with Crippen molar-refractivity contribution in [2.45, 2.75) is 32.2 Å². The fourth-order valence-corrected chi connectivity index (χ4v) is 3.29. The van der Waals surface area contributed by atoms with Gasteiger partial charge in [-0.15, -0.1) is 0 Å². The number of hydrogen-bond acceptors (Lipinski definition) is 3. The van der Waals surface area contributed by atoms with Gasteiger partial charge in [-0.1, -0.05) is 11.6 Å². The van der Waals surface area contributed by atoms with Crippen LogP contribution in [0, 0.1) is 6.92 Å². The number of halogens is 1. The molecule has 1 saturated heterocycles. The van der Waals surface area contributed by atoms with Gasteiger partial charge in [-0.3, -0.25) is 9.78 Å². The number of piperidine rings is 1. The van der Waals surface area contributed by atoms with Gasteiger partial charge >= 0.3 is 0 Å². The highest BCUT2D eigenvalue weighted by Crippen LogP contribution is 2.26. The van der Waals surface area contributed by atoms with E-state index in [-0.39, 0.29) is 18.6 Å². The number of likely N-dealkylation sites (tertiary alicyclic amines) is 1. The molecule has 0 radical (unpaired) electrons. The monoisotopic (exact) mass is 318 g/mol. The highest BCUT2D eigenvalue weighted by Gasteiger charge is 2.28. The first-order chi connectivity index (χ1) is 10.6. The van der Waals surface area contributed by atoms with Crippen molar-refractivity contribution < 1.29 is 9.90 Å². The van der Waals surface area contributed by atoms with Gasteiger partial charge in [-0.2, -0.15) is 0 Å². The molecule has 2 heterocycles. The zero-order valence-electron chi connectivity index (χ0n) is 12.6. The predicted octanol–water partition coefficient (Wildman–Crippen LogP) is 3.18. The summed E-state index contributed by atoms with van der Waals surface area (Å²) in [4.78, 5) is 19.2. The van der Waals surface area contributed by atoms with Gasteiger partial charge in [-0.25, -0.2) is 0 Å². The van der Waals surface area contributed by atoms with Crippen molar-refractivity contribution in [3.05, 3.63) is 40.5 Å². The smallest absolute Gasteiger partial charge is 0.254 e. The van der Waals surface area contributed by atoms with Crippen LogP contribution in [0.5, 0.6) is 0 Å². The molecule has 0 bridgehead atoms. The van der Waals surface area contributed by atoms with E-state index < -0.39 is 0 Å². The van der Waals surface area contributed by atoms with Crippen LogP contribution in [0.4, 0.5) is 0 Å². The van der Waals surface area contributed by atoms with E-state index in [2.05, 4.69) is 4.98 Å². The minimum Gasteiger partial charge on any atom is -0.394 e. The number of hydrogen-bond donors (Lipinski definition) is 1. The minimum atomic E-state index is -0.0936. The van der Waals surface area contributed by atoms with Gasteiger partial charge in [-0.05, 0) is 50.5 Å². The number of pyridine rings is 1. The molecular formula is C17H19ClN2O2. The van der Waals surface area contributed by atoms with Gasteiger partial charge in [0.05, 0.1) is 23.7 Å². The summed E-state index contributed by atoms with van der Waals surface area (Å²) in [6.07, 6.45) is 2.88. The van der Waals surface area contributed by atoms with Crippen LogP contribution in [0.1, 0.15) is 35.3 Å². The van der Waals surface area contributed by atoms with E-state index >= 15 is 0 Å².